The average molecular weight is 385 g/mol. The molecule has 0 saturated carbocycles. The molecule has 150 valence electrons. The van der Waals surface area contributed by atoms with Gasteiger partial charge < -0.3 is 20.5 Å². The van der Waals surface area contributed by atoms with Gasteiger partial charge in [0, 0.05) is 49.9 Å². The van der Waals surface area contributed by atoms with Crippen molar-refractivity contribution < 1.29 is 19.4 Å². The van der Waals surface area contributed by atoms with Gasteiger partial charge in [0.2, 0.25) is 11.8 Å². The molecule has 3 saturated heterocycles. The molecule has 2 amide bonds. The monoisotopic (exact) mass is 385 g/mol. The van der Waals surface area contributed by atoms with E-state index in [-0.39, 0.29) is 24.4 Å². The summed E-state index contributed by atoms with van der Waals surface area (Å²) in [5.41, 5.74) is -0.138. The number of hydrogen-bond acceptors (Lipinski definition) is 5. The Balaban J connectivity index is 1.45. The van der Waals surface area contributed by atoms with Crippen LogP contribution in [0.5, 0.6) is 0 Å². The molecule has 3 fully saturated rings. The summed E-state index contributed by atoms with van der Waals surface area (Å²) in [6, 6.07) is 7.97. The largest absolute Gasteiger partial charge is 0.388 e. The Morgan fingerprint density at radius 2 is 2.11 bits per heavy atom. The molecule has 0 aliphatic carbocycles. The molecule has 4 heterocycles. The van der Waals surface area contributed by atoms with E-state index < -0.39 is 17.1 Å². The Kier molecular flexibility index (Phi) is 4.23. The maximum absolute atomic E-state index is 13.3. The second-order valence-electron chi connectivity index (χ2n) is 8.60. The van der Waals surface area contributed by atoms with Gasteiger partial charge in [0.25, 0.3) is 0 Å². The standard InChI is InChI=1S/C21H27N3O4/c25-18(22-13-20(27)7-10-28-11-8-20)16-12-14-4-3-9-24(14)21(16)15-5-1-2-6-17(15)23-19(21)26/h1-2,5-6,14,16,27H,3-4,7-13H2,(H,22,25)(H,23,26)/t14-,16+,21+/m1/s1. The van der Waals surface area contributed by atoms with Crippen molar-refractivity contribution in [1.82, 2.24) is 10.2 Å². The number of carbonyl (C=O) groups excluding carboxylic acids is 2. The van der Waals surface area contributed by atoms with Crippen LogP contribution in [0.1, 0.15) is 37.7 Å². The highest BCUT2D eigenvalue weighted by atomic mass is 16.5. The zero-order chi connectivity index (χ0) is 19.4. The zero-order valence-electron chi connectivity index (χ0n) is 15.9. The molecule has 0 aromatic heterocycles. The van der Waals surface area contributed by atoms with Gasteiger partial charge in [0.05, 0.1) is 11.5 Å². The van der Waals surface area contributed by atoms with E-state index in [9.17, 15) is 14.7 Å². The summed E-state index contributed by atoms with van der Waals surface area (Å²) >= 11 is 0. The van der Waals surface area contributed by atoms with Crippen LogP contribution in [0, 0.1) is 5.92 Å². The number of para-hydroxylation sites is 1. The maximum Gasteiger partial charge on any atom is 0.250 e. The van der Waals surface area contributed by atoms with Crippen LogP contribution < -0.4 is 10.6 Å². The average Bonchev–Trinajstić information content (AvgIpc) is 3.35. The summed E-state index contributed by atoms with van der Waals surface area (Å²) in [5, 5.41) is 16.7. The molecule has 0 bridgehead atoms. The number of carbonyl (C=O) groups is 2. The number of hydrogen-bond donors (Lipinski definition) is 3. The Hall–Kier alpha value is -1.96. The highest BCUT2D eigenvalue weighted by Gasteiger charge is 2.65. The van der Waals surface area contributed by atoms with E-state index in [0.717, 1.165) is 30.6 Å². The highest BCUT2D eigenvalue weighted by molar-refractivity contribution is 6.09. The number of benzene rings is 1. The van der Waals surface area contributed by atoms with E-state index in [1.54, 1.807) is 0 Å². The minimum Gasteiger partial charge on any atom is -0.388 e. The Morgan fingerprint density at radius 1 is 1.32 bits per heavy atom. The lowest BCUT2D eigenvalue weighted by molar-refractivity contribution is -0.138. The van der Waals surface area contributed by atoms with E-state index in [4.69, 9.17) is 4.74 Å². The number of rotatable bonds is 3. The molecule has 3 N–H and O–H groups in total. The number of amides is 2. The lowest BCUT2D eigenvalue weighted by Gasteiger charge is -2.37. The number of nitrogens with one attached hydrogen (secondary N) is 2. The molecular formula is C21H27N3O4. The number of aliphatic hydroxyl groups is 1. The third kappa shape index (κ3) is 2.53. The summed E-state index contributed by atoms with van der Waals surface area (Å²) in [4.78, 5) is 28.9. The van der Waals surface area contributed by atoms with Crippen LogP contribution in [-0.2, 0) is 19.9 Å². The van der Waals surface area contributed by atoms with Gasteiger partial charge in [0.15, 0.2) is 0 Å². The van der Waals surface area contributed by atoms with Gasteiger partial charge in [-0.1, -0.05) is 18.2 Å². The molecule has 7 nitrogen and oxygen atoms in total. The van der Waals surface area contributed by atoms with Crippen molar-refractivity contribution in [3.63, 3.8) is 0 Å². The third-order valence-corrected chi connectivity index (χ3v) is 7.11. The van der Waals surface area contributed by atoms with Gasteiger partial charge in [-0.05, 0) is 31.9 Å². The van der Waals surface area contributed by atoms with Gasteiger partial charge in [-0.25, -0.2) is 0 Å². The summed E-state index contributed by atoms with van der Waals surface area (Å²) in [7, 11) is 0. The molecule has 7 heteroatoms. The van der Waals surface area contributed by atoms with Crippen molar-refractivity contribution in [2.24, 2.45) is 5.92 Å². The first-order chi connectivity index (χ1) is 13.5. The van der Waals surface area contributed by atoms with Crippen molar-refractivity contribution in [1.29, 1.82) is 0 Å². The van der Waals surface area contributed by atoms with Gasteiger partial charge in [0.1, 0.15) is 5.54 Å². The fourth-order valence-electron chi connectivity index (χ4n) is 5.68. The summed E-state index contributed by atoms with van der Waals surface area (Å²) in [6.45, 7) is 2.05. The van der Waals surface area contributed by atoms with Crippen LogP contribution in [0.15, 0.2) is 24.3 Å². The lowest BCUT2D eigenvalue weighted by Crippen LogP contribution is -2.56. The van der Waals surface area contributed by atoms with E-state index >= 15 is 0 Å². The van der Waals surface area contributed by atoms with Crippen LogP contribution in [0.3, 0.4) is 0 Å². The lowest BCUT2D eigenvalue weighted by atomic mass is 9.78. The Bertz CT molecular complexity index is 807. The second-order valence-corrected chi connectivity index (χ2v) is 8.60. The van der Waals surface area contributed by atoms with Crippen molar-refractivity contribution in [3.05, 3.63) is 29.8 Å². The molecule has 1 spiro atoms. The molecule has 28 heavy (non-hydrogen) atoms. The number of ether oxygens (including phenoxy) is 1. The zero-order valence-corrected chi connectivity index (χ0v) is 15.9. The molecule has 1 aromatic rings. The van der Waals surface area contributed by atoms with Crippen LogP contribution >= 0.6 is 0 Å². The molecule has 3 atom stereocenters. The van der Waals surface area contributed by atoms with E-state index in [1.165, 1.54) is 0 Å². The predicted octanol–water partition coefficient (Wildman–Crippen LogP) is 0.976. The fraction of sp³-hybridized carbons (Fsp3) is 0.619. The SMILES string of the molecule is O=C(NCC1(O)CCOCC1)[C@@H]1C[C@H]2CCCN2[C@]12C(=O)Nc1ccccc12. The van der Waals surface area contributed by atoms with Crippen molar-refractivity contribution in [2.45, 2.75) is 49.3 Å². The third-order valence-electron chi connectivity index (χ3n) is 7.11. The van der Waals surface area contributed by atoms with Crippen LogP contribution in [-0.4, -0.2) is 59.8 Å². The minimum absolute atomic E-state index is 0.0944. The second kappa shape index (κ2) is 6.54. The number of anilines is 1. The predicted molar refractivity (Wildman–Crippen MR) is 103 cm³/mol. The topological polar surface area (TPSA) is 90.9 Å². The van der Waals surface area contributed by atoms with Crippen LogP contribution in [0.25, 0.3) is 0 Å². The van der Waals surface area contributed by atoms with E-state index in [0.29, 0.717) is 32.5 Å². The molecule has 1 aromatic carbocycles. The number of nitrogens with zero attached hydrogens (tertiary/aromatic N) is 1. The quantitative estimate of drug-likeness (QED) is 0.722. The van der Waals surface area contributed by atoms with Crippen molar-refractivity contribution in [2.75, 3.05) is 31.6 Å². The first kappa shape index (κ1) is 18.1. The molecular weight excluding hydrogens is 358 g/mol. The van der Waals surface area contributed by atoms with Gasteiger partial charge in [-0.2, -0.15) is 0 Å². The normalized spacial score (nSPS) is 33.5. The van der Waals surface area contributed by atoms with Crippen molar-refractivity contribution >= 4 is 17.5 Å². The van der Waals surface area contributed by atoms with Gasteiger partial charge in [-0.3, -0.25) is 14.5 Å². The van der Waals surface area contributed by atoms with E-state index in [2.05, 4.69) is 15.5 Å². The van der Waals surface area contributed by atoms with Crippen LogP contribution in [0.2, 0.25) is 0 Å². The molecule has 4 aliphatic heterocycles. The minimum atomic E-state index is -0.930. The summed E-state index contributed by atoms with van der Waals surface area (Å²) in [5.74, 6) is -0.686. The summed E-state index contributed by atoms with van der Waals surface area (Å²) < 4.78 is 5.32. The summed E-state index contributed by atoms with van der Waals surface area (Å²) in [6.07, 6.45) is 3.77. The van der Waals surface area contributed by atoms with Gasteiger partial charge in [-0.15, -0.1) is 0 Å². The molecule has 0 radical (unpaired) electrons. The molecule has 5 rings (SSSR count). The van der Waals surface area contributed by atoms with Crippen molar-refractivity contribution in [3.8, 4) is 0 Å². The first-order valence-electron chi connectivity index (χ1n) is 10.3. The fourth-order valence-corrected chi connectivity index (χ4v) is 5.68. The molecule has 4 aliphatic rings. The smallest absolute Gasteiger partial charge is 0.250 e. The maximum atomic E-state index is 13.3. The number of fused-ring (bicyclic) bond motifs is 4. The van der Waals surface area contributed by atoms with Gasteiger partial charge >= 0.3 is 0 Å². The molecule has 0 unspecified atom stereocenters. The highest BCUT2D eigenvalue weighted by Crippen LogP contribution is 2.55. The first-order valence-corrected chi connectivity index (χ1v) is 10.3. The van der Waals surface area contributed by atoms with E-state index in [1.807, 2.05) is 24.3 Å². The Labute approximate surface area is 164 Å². The van der Waals surface area contributed by atoms with Crippen LogP contribution in [0.4, 0.5) is 5.69 Å². The Morgan fingerprint density at radius 3 is 2.93 bits per heavy atom.